The SMILES string of the molecule is CN(CCCc1ccccc1)c1cccc(CO)c1. The number of benzene rings is 2. The van der Waals surface area contributed by atoms with Crippen LogP contribution < -0.4 is 4.90 Å². The molecule has 2 rings (SSSR count). The van der Waals surface area contributed by atoms with Gasteiger partial charge in [0.2, 0.25) is 0 Å². The Kier molecular flexibility index (Phi) is 4.99. The minimum atomic E-state index is 0.103. The standard InChI is InChI=1S/C17H21NO/c1-18(17-11-5-9-16(13-17)14-19)12-6-10-15-7-3-2-4-8-15/h2-5,7-9,11,13,19H,6,10,12,14H2,1H3. The van der Waals surface area contributed by atoms with E-state index in [4.69, 9.17) is 5.11 Å². The molecule has 0 radical (unpaired) electrons. The second-order valence-corrected chi connectivity index (χ2v) is 4.84. The second-order valence-electron chi connectivity index (χ2n) is 4.84. The molecule has 0 saturated heterocycles. The summed E-state index contributed by atoms with van der Waals surface area (Å²) < 4.78 is 0. The topological polar surface area (TPSA) is 23.5 Å². The summed E-state index contributed by atoms with van der Waals surface area (Å²) in [7, 11) is 2.10. The van der Waals surface area contributed by atoms with Crippen molar-refractivity contribution in [2.75, 3.05) is 18.5 Å². The Labute approximate surface area is 115 Å². The van der Waals surface area contributed by atoms with E-state index in [1.165, 1.54) is 11.3 Å². The van der Waals surface area contributed by atoms with Gasteiger partial charge in [0.25, 0.3) is 0 Å². The van der Waals surface area contributed by atoms with Crippen molar-refractivity contribution >= 4 is 5.69 Å². The van der Waals surface area contributed by atoms with E-state index in [0.29, 0.717) is 0 Å². The number of aryl methyl sites for hydroxylation is 1. The number of rotatable bonds is 6. The fourth-order valence-electron chi connectivity index (χ4n) is 2.19. The lowest BCUT2D eigenvalue weighted by Gasteiger charge is -2.19. The monoisotopic (exact) mass is 255 g/mol. The van der Waals surface area contributed by atoms with Gasteiger partial charge in [0.05, 0.1) is 6.61 Å². The van der Waals surface area contributed by atoms with Crippen molar-refractivity contribution in [2.24, 2.45) is 0 Å². The van der Waals surface area contributed by atoms with Gasteiger partial charge in [-0.1, -0.05) is 42.5 Å². The molecule has 0 aliphatic carbocycles. The predicted octanol–water partition coefficient (Wildman–Crippen LogP) is 3.25. The van der Waals surface area contributed by atoms with E-state index >= 15 is 0 Å². The van der Waals surface area contributed by atoms with Crippen LogP contribution in [0.1, 0.15) is 17.5 Å². The summed E-state index contributed by atoms with van der Waals surface area (Å²) in [4.78, 5) is 2.24. The van der Waals surface area contributed by atoms with Crippen molar-refractivity contribution in [1.82, 2.24) is 0 Å². The maximum absolute atomic E-state index is 9.15. The van der Waals surface area contributed by atoms with E-state index in [1.54, 1.807) is 0 Å². The molecule has 0 amide bonds. The molecule has 2 nitrogen and oxygen atoms in total. The number of nitrogens with zero attached hydrogens (tertiary/aromatic N) is 1. The fourth-order valence-corrected chi connectivity index (χ4v) is 2.19. The highest BCUT2D eigenvalue weighted by molar-refractivity contribution is 5.47. The third kappa shape index (κ3) is 4.11. The van der Waals surface area contributed by atoms with Crippen LogP contribution >= 0.6 is 0 Å². The molecule has 0 heterocycles. The molecule has 0 aliphatic rings. The summed E-state index contributed by atoms with van der Waals surface area (Å²) in [5.74, 6) is 0. The van der Waals surface area contributed by atoms with Crippen LogP contribution in [0.25, 0.3) is 0 Å². The minimum Gasteiger partial charge on any atom is -0.392 e. The molecule has 0 fully saturated rings. The Morgan fingerprint density at radius 2 is 1.68 bits per heavy atom. The summed E-state index contributed by atoms with van der Waals surface area (Å²) >= 11 is 0. The average molecular weight is 255 g/mol. The van der Waals surface area contributed by atoms with Crippen molar-refractivity contribution in [3.8, 4) is 0 Å². The molecule has 0 unspecified atom stereocenters. The van der Waals surface area contributed by atoms with Crippen molar-refractivity contribution in [2.45, 2.75) is 19.4 Å². The molecule has 0 spiro atoms. The van der Waals surface area contributed by atoms with Gasteiger partial charge in [-0.3, -0.25) is 0 Å². The number of aliphatic hydroxyl groups excluding tert-OH is 1. The quantitative estimate of drug-likeness (QED) is 0.856. The maximum atomic E-state index is 9.15. The minimum absolute atomic E-state index is 0.103. The second kappa shape index (κ2) is 6.95. The van der Waals surface area contributed by atoms with Gasteiger partial charge in [-0.25, -0.2) is 0 Å². The lowest BCUT2D eigenvalue weighted by molar-refractivity contribution is 0.282. The third-order valence-corrected chi connectivity index (χ3v) is 3.34. The fraction of sp³-hybridized carbons (Fsp3) is 0.294. The first-order chi connectivity index (χ1) is 9.29. The van der Waals surface area contributed by atoms with Crippen molar-refractivity contribution in [3.05, 3.63) is 65.7 Å². The maximum Gasteiger partial charge on any atom is 0.0682 e. The van der Waals surface area contributed by atoms with Crippen LogP contribution in [-0.4, -0.2) is 18.7 Å². The van der Waals surface area contributed by atoms with Gasteiger partial charge in [-0.15, -0.1) is 0 Å². The van der Waals surface area contributed by atoms with Gasteiger partial charge in [-0.2, -0.15) is 0 Å². The largest absolute Gasteiger partial charge is 0.392 e. The smallest absolute Gasteiger partial charge is 0.0682 e. The lowest BCUT2D eigenvalue weighted by Crippen LogP contribution is -2.19. The summed E-state index contributed by atoms with van der Waals surface area (Å²) in [5, 5.41) is 9.15. The number of anilines is 1. The van der Waals surface area contributed by atoms with E-state index in [9.17, 15) is 0 Å². The Hall–Kier alpha value is -1.80. The first-order valence-electron chi connectivity index (χ1n) is 6.74. The third-order valence-electron chi connectivity index (χ3n) is 3.34. The van der Waals surface area contributed by atoms with Gasteiger partial charge in [0.1, 0.15) is 0 Å². The van der Waals surface area contributed by atoms with Crippen LogP contribution in [-0.2, 0) is 13.0 Å². The van der Waals surface area contributed by atoms with E-state index in [-0.39, 0.29) is 6.61 Å². The van der Waals surface area contributed by atoms with Crippen molar-refractivity contribution in [3.63, 3.8) is 0 Å². The Bertz CT molecular complexity index is 496. The Morgan fingerprint density at radius 3 is 2.42 bits per heavy atom. The molecule has 0 bridgehead atoms. The first-order valence-corrected chi connectivity index (χ1v) is 6.74. The molecule has 0 atom stereocenters. The highest BCUT2D eigenvalue weighted by Crippen LogP contribution is 2.15. The molecule has 0 saturated carbocycles. The van der Waals surface area contributed by atoms with Gasteiger partial charge in [0.15, 0.2) is 0 Å². The highest BCUT2D eigenvalue weighted by atomic mass is 16.3. The molecule has 2 heteroatoms. The lowest BCUT2D eigenvalue weighted by atomic mass is 10.1. The number of hydrogen-bond acceptors (Lipinski definition) is 2. The number of hydrogen-bond donors (Lipinski definition) is 1. The Morgan fingerprint density at radius 1 is 0.947 bits per heavy atom. The molecular formula is C17H21NO. The predicted molar refractivity (Wildman–Crippen MR) is 80.4 cm³/mol. The van der Waals surface area contributed by atoms with Crippen molar-refractivity contribution in [1.29, 1.82) is 0 Å². The molecule has 0 aromatic heterocycles. The summed E-state index contributed by atoms with van der Waals surface area (Å²) in [6, 6.07) is 18.6. The van der Waals surface area contributed by atoms with Crippen LogP contribution in [0.2, 0.25) is 0 Å². The van der Waals surface area contributed by atoms with E-state index in [2.05, 4.69) is 48.3 Å². The molecule has 1 N–H and O–H groups in total. The zero-order valence-corrected chi connectivity index (χ0v) is 11.4. The highest BCUT2D eigenvalue weighted by Gasteiger charge is 2.02. The normalized spacial score (nSPS) is 10.4. The average Bonchev–Trinajstić information content (AvgIpc) is 2.48. The summed E-state index contributed by atoms with van der Waals surface area (Å²) in [6.07, 6.45) is 2.23. The zero-order chi connectivity index (χ0) is 13.5. The van der Waals surface area contributed by atoms with E-state index in [1.807, 2.05) is 18.2 Å². The van der Waals surface area contributed by atoms with E-state index < -0.39 is 0 Å². The molecule has 2 aromatic carbocycles. The molecular weight excluding hydrogens is 234 g/mol. The van der Waals surface area contributed by atoms with Crippen molar-refractivity contribution < 1.29 is 5.11 Å². The van der Waals surface area contributed by atoms with Gasteiger partial charge < -0.3 is 10.0 Å². The van der Waals surface area contributed by atoms with Crippen LogP contribution in [0.5, 0.6) is 0 Å². The Balaban J connectivity index is 1.85. The molecule has 0 aliphatic heterocycles. The zero-order valence-electron chi connectivity index (χ0n) is 11.4. The van der Waals surface area contributed by atoms with Crippen LogP contribution in [0, 0.1) is 0 Å². The van der Waals surface area contributed by atoms with Gasteiger partial charge in [-0.05, 0) is 36.1 Å². The summed E-state index contributed by atoms with van der Waals surface area (Å²) in [5.41, 5.74) is 3.52. The van der Waals surface area contributed by atoms with Crippen LogP contribution in [0.4, 0.5) is 5.69 Å². The van der Waals surface area contributed by atoms with E-state index in [0.717, 1.165) is 24.9 Å². The first kappa shape index (κ1) is 13.6. The van der Waals surface area contributed by atoms with Gasteiger partial charge >= 0.3 is 0 Å². The van der Waals surface area contributed by atoms with Gasteiger partial charge in [0, 0.05) is 19.3 Å². The number of aliphatic hydroxyl groups is 1. The molecule has 100 valence electrons. The molecule has 2 aromatic rings. The van der Waals surface area contributed by atoms with Crippen LogP contribution in [0.15, 0.2) is 54.6 Å². The summed E-state index contributed by atoms with van der Waals surface area (Å²) in [6.45, 7) is 1.12. The van der Waals surface area contributed by atoms with Crippen LogP contribution in [0.3, 0.4) is 0 Å². The molecule has 19 heavy (non-hydrogen) atoms.